The maximum atomic E-state index is 12.2. The van der Waals surface area contributed by atoms with Gasteiger partial charge in [0.15, 0.2) is 0 Å². The van der Waals surface area contributed by atoms with E-state index in [2.05, 4.69) is 16.7 Å². The van der Waals surface area contributed by atoms with Gasteiger partial charge in [0.2, 0.25) is 11.8 Å². The van der Waals surface area contributed by atoms with Crippen molar-refractivity contribution in [3.05, 3.63) is 59.2 Å². The summed E-state index contributed by atoms with van der Waals surface area (Å²) in [4.78, 5) is 23.4. The van der Waals surface area contributed by atoms with Gasteiger partial charge in [0, 0.05) is 12.1 Å². The van der Waals surface area contributed by atoms with Crippen LogP contribution in [0.4, 0.5) is 5.69 Å². The van der Waals surface area contributed by atoms with Gasteiger partial charge < -0.3 is 15.4 Å². The first kappa shape index (κ1) is 17.5. The topological polar surface area (TPSA) is 91.2 Å². The summed E-state index contributed by atoms with van der Waals surface area (Å²) in [6.07, 6.45) is 0.906. The molecule has 1 aliphatic heterocycles. The molecule has 3 rings (SSSR count). The van der Waals surface area contributed by atoms with E-state index in [1.807, 2.05) is 25.1 Å². The number of benzene rings is 2. The van der Waals surface area contributed by atoms with Gasteiger partial charge in [-0.1, -0.05) is 12.1 Å². The molecule has 1 saturated heterocycles. The molecule has 132 valence electrons. The third-order valence-electron chi connectivity index (χ3n) is 4.23. The zero-order valence-corrected chi connectivity index (χ0v) is 14.4. The van der Waals surface area contributed by atoms with Gasteiger partial charge in [0.25, 0.3) is 0 Å². The molecule has 2 aromatic carbocycles. The molecule has 0 radical (unpaired) electrons. The van der Waals surface area contributed by atoms with Gasteiger partial charge in [0.1, 0.15) is 18.4 Å². The maximum absolute atomic E-state index is 12.2. The summed E-state index contributed by atoms with van der Waals surface area (Å²) in [7, 11) is 0. The van der Waals surface area contributed by atoms with Crippen molar-refractivity contribution in [2.75, 3.05) is 5.32 Å². The largest absolute Gasteiger partial charge is 0.489 e. The van der Waals surface area contributed by atoms with Crippen LogP contribution in [0.5, 0.6) is 5.75 Å². The number of anilines is 1. The van der Waals surface area contributed by atoms with E-state index < -0.39 is 6.04 Å². The summed E-state index contributed by atoms with van der Waals surface area (Å²) in [5.74, 6) is 0.379. The second-order valence-electron chi connectivity index (χ2n) is 6.23. The lowest BCUT2D eigenvalue weighted by atomic mass is 10.1. The zero-order chi connectivity index (χ0) is 18.5. The van der Waals surface area contributed by atoms with Gasteiger partial charge in [-0.3, -0.25) is 9.59 Å². The Labute approximate surface area is 151 Å². The molecule has 6 nitrogen and oxygen atoms in total. The maximum Gasteiger partial charge on any atom is 0.246 e. The number of hydrogen-bond acceptors (Lipinski definition) is 4. The Morgan fingerprint density at radius 3 is 2.88 bits per heavy atom. The molecule has 0 bridgehead atoms. The van der Waals surface area contributed by atoms with Crippen LogP contribution in [-0.2, 0) is 16.2 Å². The van der Waals surface area contributed by atoms with Crippen LogP contribution >= 0.6 is 0 Å². The minimum atomic E-state index is -0.467. The average Bonchev–Trinajstić information content (AvgIpc) is 3.08. The number of carbonyl (C=O) groups excluding carboxylic acids is 2. The predicted molar refractivity (Wildman–Crippen MR) is 96.5 cm³/mol. The highest BCUT2D eigenvalue weighted by atomic mass is 16.5. The Morgan fingerprint density at radius 1 is 1.35 bits per heavy atom. The lowest BCUT2D eigenvalue weighted by Crippen LogP contribution is -2.37. The fourth-order valence-corrected chi connectivity index (χ4v) is 2.79. The molecule has 0 saturated carbocycles. The van der Waals surface area contributed by atoms with Crippen molar-refractivity contribution in [1.82, 2.24) is 5.32 Å². The minimum absolute atomic E-state index is 0.0916. The van der Waals surface area contributed by atoms with E-state index >= 15 is 0 Å². The molecule has 0 aliphatic carbocycles. The molecule has 6 heteroatoms. The van der Waals surface area contributed by atoms with Gasteiger partial charge in [-0.05, 0) is 54.8 Å². The van der Waals surface area contributed by atoms with E-state index in [9.17, 15) is 9.59 Å². The molecule has 0 spiro atoms. The van der Waals surface area contributed by atoms with Crippen LogP contribution in [0.3, 0.4) is 0 Å². The number of aryl methyl sites for hydroxylation is 1. The number of hydrogen-bond donors (Lipinski definition) is 2. The van der Waals surface area contributed by atoms with E-state index in [-0.39, 0.29) is 11.8 Å². The Kier molecular flexibility index (Phi) is 5.18. The SMILES string of the molecule is Cc1cc(OCc2cccc(C#N)c2)ccc1NC(=O)[C@@H]1CCC(=O)N1. The first-order valence-corrected chi connectivity index (χ1v) is 8.38. The van der Waals surface area contributed by atoms with E-state index in [0.29, 0.717) is 36.4 Å². The molecule has 2 aromatic rings. The van der Waals surface area contributed by atoms with Gasteiger partial charge >= 0.3 is 0 Å². The van der Waals surface area contributed by atoms with Crippen LogP contribution < -0.4 is 15.4 Å². The molecule has 2 amide bonds. The number of nitrogens with one attached hydrogen (secondary N) is 2. The summed E-state index contributed by atoms with van der Waals surface area (Å²) < 4.78 is 5.77. The second kappa shape index (κ2) is 7.70. The van der Waals surface area contributed by atoms with Crippen molar-refractivity contribution in [1.29, 1.82) is 5.26 Å². The Hall–Kier alpha value is -3.33. The molecular weight excluding hydrogens is 330 g/mol. The highest BCUT2D eigenvalue weighted by Crippen LogP contribution is 2.23. The Bertz CT molecular complexity index is 886. The van der Waals surface area contributed by atoms with Crippen molar-refractivity contribution in [3.63, 3.8) is 0 Å². The van der Waals surface area contributed by atoms with E-state index in [4.69, 9.17) is 10.00 Å². The van der Waals surface area contributed by atoms with Crippen LogP contribution in [0.25, 0.3) is 0 Å². The minimum Gasteiger partial charge on any atom is -0.489 e. The first-order chi connectivity index (χ1) is 12.5. The standard InChI is InChI=1S/C20H19N3O3/c1-13-9-16(26-12-15-4-2-3-14(10-15)11-21)5-6-17(13)23-20(25)18-7-8-19(24)22-18/h2-6,9-10,18H,7-8,12H2,1H3,(H,22,24)(H,23,25)/t18-/m0/s1. The van der Waals surface area contributed by atoms with E-state index in [1.165, 1.54) is 0 Å². The van der Waals surface area contributed by atoms with Crippen LogP contribution in [0.2, 0.25) is 0 Å². The molecule has 1 heterocycles. The number of rotatable bonds is 5. The number of ether oxygens (including phenoxy) is 1. The monoisotopic (exact) mass is 349 g/mol. The summed E-state index contributed by atoms with van der Waals surface area (Å²) in [5, 5.41) is 14.4. The van der Waals surface area contributed by atoms with E-state index in [1.54, 1.807) is 24.3 Å². The normalized spacial score (nSPS) is 15.8. The van der Waals surface area contributed by atoms with Crippen molar-refractivity contribution >= 4 is 17.5 Å². The summed E-state index contributed by atoms with van der Waals surface area (Å²) in [6, 6.07) is 14.3. The predicted octanol–water partition coefficient (Wildman–Crippen LogP) is 2.66. The third-order valence-corrected chi connectivity index (χ3v) is 4.23. The molecule has 1 aliphatic rings. The summed E-state index contributed by atoms with van der Waals surface area (Å²) >= 11 is 0. The lowest BCUT2D eigenvalue weighted by Gasteiger charge is -2.14. The van der Waals surface area contributed by atoms with Crippen LogP contribution in [-0.4, -0.2) is 17.9 Å². The average molecular weight is 349 g/mol. The highest BCUT2D eigenvalue weighted by Gasteiger charge is 2.27. The summed E-state index contributed by atoms with van der Waals surface area (Å²) in [5.41, 5.74) is 3.07. The molecule has 1 atom stereocenters. The molecule has 1 fully saturated rings. The van der Waals surface area contributed by atoms with Crippen LogP contribution in [0, 0.1) is 18.3 Å². The van der Waals surface area contributed by atoms with Gasteiger partial charge in [-0.25, -0.2) is 0 Å². The molecular formula is C20H19N3O3. The Morgan fingerprint density at radius 2 is 2.19 bits per heavy atom. The van der Waals surface area contributed by atoms with Crippen molar-refractivity contribution in [2.45, 2.75) is 32.4 Å². The number of nitriles is 1. The first-order valence-electron chi connectivity index (χ1n) is 8.38. The third kappa shape index (κ3) is 4.19. The lowest BCUT2D eigenvalue weighted by molar-refractivity contribution is -0.122. The molecule has 26 heavy (non-hydrogen) atoms. The van der Waals surface area contributed by atoms with Crippen molar-refractivity contribution in [3.8, 4) is 11.8 Å². The second-order valence-corrected chi connectivity index (χ2v) is 6.23. The van der Waals surface area contributed by atoms with Crippen LogP contribution in [0.15, 0.2) is 42.5 Å². The number of amides is 2. The molecule has 0 unspecified atom stereocenters. The summed E-state index contributed by atoms with van der Waals surface area (Å²) in [6.45, 7) is 2.24. The van der Waals surface area contributed by atoms with Gasteiger partial charge in [0.05, 0.1) is 11.6 Å². The Balaban J connectivity index is 1.61. The quantitative estimate of drug-likeness (QED) is 0.868. The van der Waals surface area contributed by atoms with E-state index in [0.717, 1.165) is 11.1 Å². The van der Waals surface area contributed by atoms with Gasteiger partial charge in [-0.2, -0.15) is 5.26 Å². The fourth-order valence-electron chi connectivity index (χ4n) is 2.79. The van der Waals surface area contributed by atoms with Crippen molar-refractivity contribution in [2.24, 2.45) is 0 Å². The van der Waals surface area contributed by atoms with Gasteiger partial charge in [-0.15, -0.1) is 0 Å². The van der Waals surface area contributed by atoms with Crippen LogP contribution in [0.1, 0.15) is 29.5 Å². The molecule has 2 N–H and O–H groups in total. The number of nitrogens with zero attached hydrogens (tertiary/aromatic N) is 1. The molecule has 0 aromatic heterocycles. The zero-order valence-electron chi connectivity index (χ0n) is 14.4. The fraction of sp³-hybridized carbons (Fsp3) is 0.250. The smallest absolute Gasteiger partial charge is 0.246 e. The highest BCUT2D eigenvalue weighted by molar-refractivity contribution is 5.99. The van der Waals surface area contributed by atoms with Crippen molar-refractivity contribution < 1.29 is 14.3 Å². The number of carbonyl (C=O) groups is 2.